The van der Waals surface area contributed by atoms with Crippen LogP contribution in [-0.2, 0) is 17.4 Å². The first kappa shape index (κ1) is 36.0. The maximum Gasteiger partial charge on any atom is 0.0736 e. The molecule has 2 heterocycles. The van der Waals surface area contributed by atoms with Crippen molar-refractivity contribution in [1.82, 2.24) is 0 Å². The third kappa shape index (κ3) is 4.98. The molecule has 13 rings (SSSR count). The van der Waals surface area contributed by atoms with Gasteiger partial charge in [0.15, 0.2) is 0 Å². The zero-order chi connectivity index (χ0) is 41.2. The summed E-state index contributed by atoms with van der Waals surface area (Å²) in [4.78, 5) is 5.22. The zero-order valence-electron chi connectivity index (χ0n) is 34.5. The maximum absolute atomic E-state index is 2.59. The lowest BCUT2D eigenvalue weighted by Crippen LogP contribution is -2.32. The Labute approximate surface area is 371 Å². The van der Waals surface area contributed by atoms with Gasteiger partial charge in [-0.2, -0.15) is 0 Å². The van der Waals surface area contributed by atoms with Crippen molar-refractivity contribution in [3.63, 3.8) is 0 Å². The summed E-state index contributed by atoms with van der Waals surface area (Å²) >= 11 is 3.79. The van der Waals surface area contributed by atoms with Crippen LogP contribution in [0.3, 0.4) is 0 Å². The van der Waals surface area contributed by atoms with Gasteiger partial charge in [-0.1, -0.05) is 177 Å². The molecule has 0 saturated heterocycles. The van der Waals surface area contributed by atoms with Crippen LogP contribution in [0.2, 0.25) is 0 Å². The Morgan fingerprint density at radius 3 is 1.71 bits per heavy atom. The Bertz CT molecular complexity index is 3430. The smallest absolute Gasteiger partial charge is 0.0736 e. The van der Waals surface area contributed by atoms with Gasteiger partial charge in [-0.3, -0.25) is 0 Å². The summed E-state index contributed by atoms with van der Waals surface area (Å²) in [6.45, 7) is 5.47. The van der Waals surface area contributed by atoms with E-state index >= 15 is 0 Å². The molecule has 1 aromatic heterocycles. The molecule has 62 heavy (non-hydrogen) atoms. The fourth-order valence-corrected chi connectivity index (χ4v) is 13.6. The van der Waals surface area contributed by atoms with Crippen LogP contribution in [0, 0.1) is 0 Å². The van der Waals surface area contributed by atoms with Crippen molar-refractivity contribution < 1.29 is 0 Å². The minimum atomic E-state index is -0.457. The molecule has 0 atom stereocenters. The third-order valence-corrected chi connectivity index (χ3v) is 16.3. The van der Waals surface area contributed by atoms with Gasteiger partial charge in [0, 0.05) is 53.3 Å². The largest absolute Gasteiger partial charge is 0.337 e. The van der Waals surface area contributed by atoms with E-state index in [1.165, 1.54) is 114 Å². The standard InChI is InChI=1S/C59H41NS2/c1-58(2)47-23-9-5-18-41(47)44-32-30-38(34-51(44)58)60(36-37-16-3-4-17-40(37)45-22-15-29-56-57(45)46-21-8-13-27-53(46)61-56)39-31-33-55-52(35-39)59(50-26-12-14-28-54(50)62-55)48-24-10-6-19-42(48)43-20-7-11-25-49(43)59/h3-35H,36H2,1-2H3. The van der Waals surface area contributed by atoms with Crippen LogP contribution in [-0.4, -0.2) is 0 Å². The minimum Gasteiger partial charge on any atom is -0.337 e. The van der Waals surface area contributed by atoms with E-state index in [1.54, 1.807) is 0 Å². The van der Waals surface area contributed by atoms with E-state index in [1.807, 2.05) is 23.1 Å². The van der Waals surface area contributed by atoms with Crippen molar-refractivity contribution in [3.05, 3.63) is 239 Å². The number of anilines is 2. The van der Waals surface area contributed by atoms with Crippen LogP contribution < -0.4 is 4.90 Å². The first-order valence-electron chi connectivity index (χ1n) is 21.6. The monoisotopic (exact) mass is 827 g/mol. The average Bonchev–Trinajstić information content (AvgIpc) is 3.92. The van der Waals surface area contributed by atoms with Crippen molar-refractivity contribution >= 4 is 54.6 Å². The maximum atomic E-state index is 2.59. The van der Waals surface area contributed by atoms with Gasteiger partial charge < -0.3 is 4.90 Å². The lowest BCUT2D eigenvalue weighted by Gasteiger charge is -2.40. The first-order chi connectivity index (χ1) is 30.5. The second-order valence-corrected chi connectivity index (χ2v) is 19.7. The molecule has 0 radical (unpaired) electrons. The van der Waals surface area contributed by atoms with E-state index in [2.05, 4.69) is 219 Å². The number of rotatable bonds is 5. The first-order valence-corrected chi connectivity index (χ1v) is 23.3. The topological polar surface area (TPSA) is 3.24 Å². The molecule has 1 spiro atoms. The minimum absolute atomic E-state index is 0.126. The summed E-state index contributed by atoms with van der Waals surface area (Å²) in [6, 6.07) is 75.7. The number of thiophene rings is 1. The predicted molar refractivity (Wildman–Crippen MR) is 262 cm³/mol. The van der Waals surface area contributed by atoms with Gasteiger partial charge >= 0.3 is 0 Å². The highest BCUT2D eigenvalue weighted by Crippen LogP contribution is 2.63. The van der Waals surface area contributed by atoms with Crippen molar-refractivity contribution in [3.8, 4) is 33.4 Å². The molecule has 3 heteroatoms. The van der Waals surface area contributed by atoms with Crippen LogP contribution in [0.25, 0.3) is 53.6 Å². The lowest BCUT2D eigenvalue weighted by atomic mass is 9.67. The van der Waals surface area contributed by atoms with E-state index in [4.69, 9.17) is 0 Å². The molecule has 0 amide bonds. The summed E-state index contributed by atoms with van der Waals surface area (Å²) in [5, 5.41) is 2.67. The van der Waals surface area contributed by atoms with Crippen molar-refractivity contribution in [2.24, 2.45) is 0 Å². The second-order valence-electron chi connectivity index (χ2n) is 17.5. The van der Waals surface area contributed by atoms with E-state index in [-0.39, 0.29) is 5.41 Å². The molecular formula is C59H41NS2. The molecule has 294 valence electrons. The molecule has 9 aromatic carbocycles. The average molecular weight is 828 g/mol. The van der Waals surface area contributed by atoms with E-state index in [0.29, 0.717) is 6.54 Å². The van der Waals surface area contributed by atoms with Crippen LogP contribution in [0.15, 0.2) is 210 Å². The molecule has 0 bridgehead atoms. The van der Waals surface area contributed by atoms with Crippen molar-refractivity contribution in [2.45, 2.75) is 41.0 Å². The number of fused-ring (bicyclic) bond motifs is 15. The normalized spacial score (nSPS) is 14.5. The Kier molecular flexibility index (Phi) is 7.80. The molecular weight excluding hydrogens is 787 g/mol. The van der Waals surface area contributed by atoms with E-state index in [9.17, 15) is 0 Å². The summed E-state index contributed by atoms with van der Waals surface area (Å²) in [6.07, 6.45) is 0. The fraction of sp³-hybridized carbons (Fsp3) is 0.0847. The van der Waals surface area contributed by atoms with Crippen LogP contribution >= 0.6 is 23.1 Å². The highest BCUT2D eigenvalue weighted by atomic mass is 32.2. The second kappa shape index (κ2) is 13.4. The fourth-order valence-electron chi connectivity index (χ4n) is 11.3. The SMILES string of the molecule is CC1(C)c2ccccc2-c2ccc(N(Cc3ccccc3-c3cccc4sc5ccccc5c34)c3ccc4c(c3)C3(c5ccccc5S4)c4ccccc4-c4ccccc43)cc21. The highest BCUT2D eigenvalue weighted by Gasteiger charge is 2.50. The zero-order valence-corrected chi connectivity index (χ0v) is 36.2. The quantitative estimate of drug-likeness (QED) is 0.170. The third-order valence-electron chi connectivity index (χ3n) is 14.1. The van der Waals surface area contributed by atoms with Gasteiger partial charge in [0.05, 0.1) is 5.41 Å². The van der Waals surface area contributed by atoms with Crippen molar-refractivity contribution in [1.29, 1.82) is 0 Å². The summed E-state index contributed by atoms with van der Waals surface area (Å²) in [5.74, 6) is 0. The van der Waals surface area contributed by atoms with Crippen LogP contribution in [0.5, 0.6) is 0 Å². The Morgan fingerprint density at radius 1 is 0.403 bits per heavy atom. The van der Waals surface area contributed by atoms with Crippen molar-refractivity contribution in [2.75, 3.05) is 4.90 Å². The van der Waals surface area contributed by atoms with E-state index in [0.717, 1.165) is 0 Å². The molecule has 0 N–H and O–H groups in total. The molecule has 0 fully saturated rings. The number of hydrogen-bond donors (Lipinski definition) is 0. The Hall–Kier alpha value is -6.65. The van der Waals surface area contributed by atoms with Crippen LogP contribution in [0.1, 0.15) is 52.8 Å². The lowest BCUT2D eigenvalue weighted by molar-refractivity contribution is 0.660. The molecule has 0 saturated carbocycles. The number of benzene rings is 9. The Balaban J connectivity index is 1.05. The summed E-state index contributed by atoms with van der Waals surface area (Å²) in [5.41, 5.74) is 19.2. The molecule has 2 aliphatic carbocycles. The van der Waals surface area contributed by atoms with Gasteiger partial charge in [0.1, 0.15) is 0 Å². The number of nitrogens with zero attached hydrogens (tertiary/aromatic N) is 1. The van der Waals surface area contributed by atoms with E-state index < -0.39 is 5.41 Å². The number of hydrogen-bond acceptors (Lipinski definition) is 3. The predicted octanol–water partition coefficient (Wildman–Crippen LogP) is 16.2. The Morgan fingerprint density at radius 2 is 0.935 bits per heavy atom. The highest BCUT2D eigenvalue weighted by molar-refractivity contribution is 7.99. The summed E-state index contributed by atoms with van der Waals surface area (Å²) < 4.78 is 2.65. The summed E-state index contributed by atoms with van der Waals surface area (Å²) in [7, 11) is 0. The van der Waals surface area contributed by atoms with Crippen LogP contribution in [0.4, 0.5) is 11.4 Å². The van der Waals surface area contributed by atoms with Gasteiger partial charge in [0.2, 0.25) is 0 Å². The van der Waals surface area contributed by atoms with Gasteiger partial charge in [0.25, 0.3) is 0 Å². The molecule has 1 nitrogen and oxygen atoms in total. The molecule has 3 aliphatic rings. The molecule has 10 aromatic rings. The molecule has 0 unspecified atom stereocenters. The van der Waals surface area contributed by atoms with Gasteiger partial charge in [-0.05, 0) is 121 Å². The van der Waals surface area contributed by atoms with Gasteiger partial charge in [-0.15, -0.1) is 11.3 Å². The molecule has 1 aliphatic heterocycles. The van der Waals surface area contributed by atoms with Gasteiger partial charge in [-0.25, -0.2) is 0 Å².